The van der Waals surface area contributed by atoms with Crippen molar-refractivity contribution >= 4 is 6.03 Å². The third kappa shape index (κ3) is 5.86. The second-order valence-corrected chi connectivity index (χ2v) is 7.11. The van der Waals surface area contributed by atoms with Crippen LogP contribution in [0.2, 0.25) is 0 Å². The lowest BCUT2D eigenvalue weighted by Gasteiger charge is -2.23. The van der Waals surface area contributed by atoms with Crippen LogP contribution in [0.15, 0.2) is 72.4 Å². The number of hydrogen-bond acceptors (Lipinski definition) is 3. The molecule has 0 radical (unpaired) electrons. The summed E-state index contributed by atoms with van der Waals surface area (Å²) in [5.74, 6) is 0. The average Bonchev–Trinajstić information content (AvgIpc) is 3.11. The summed E-state index contributed by atoms with van der Waals surface area (Å²) in [4.78, 5) is 18.1. The summed E-state index contributed by atoms with van der Waals surface area (Å²) in [6.45, 7) is 3.88. The predicted molar refractivity (Wildman–Crippen MR) is 107 cm³/mol. The molecule has 2 atom stereocenters. The highest BCUT2D eigenvalue weighted by atomic mass is 16.7. The summed E-state index contributed by atoms with van der Waals surface area (Å²) >= 11 is 0. The summed E-state index contributed by atoms with van der Waals surface area (Å²) in [6.07, 6.45) is 3.29. The van der Waals surface area contributed by atoms with Gasteiger partial charge in [-0.25, -0.2) is 4.79 Å². The maximum atomic E-state index is 12.3. The van der Waals surface area contributed by atoms with Crippen molar-refractivity contribution < 1.29 is 9.63 Å². The summed E-state index contributed by atoms with van der Waals surface area (Å²) < 4.78 is 0. The van der Waals surface area contributed by atoms with E-state index in [1.807, 2.05) is 50.2 Å². The topological polar surface area (TPSA) is 62.4 Å². The summed E-state index contributed by atoms with van der Waals surface area (Å²) in [7, 11) is 0. The van der Waals surface area contributed by atoms with E-state index in [1.54, 1.807) is 0 Å². The van der Waals surface area contributed by atoms with E-state index in [1.165, 1.54) is 5.56 Å². The maximum absolute atomic E-state index is 12.3. The number of amides is 2. The van der Waals surface area contributed by atoms with Gasteiger partial charge in [-0.3, -0.25) is 10.3 Å². The molecule has 0 spiro atoms. The molecule has 142 valence electrons. The van der Waals surface area contributed by atoms with Crippen molar-refractivity contribution in [2.24, 2.45) is 0 Å². The van der Waals surface area contributed by atoms with Crippen LogP contribution in [-0.2, 0) is 17.7 Å². The molecule has 5 heteroatoms. The fourth-order valence-corrected chi connectivity index (χ4v) is 3.11. The quantitative estimate of drug-likeness (QED) is 0.705. The second-order valence-electron chi connectivity index (χ2n) is 7.11. The molecule has 1 heterocycles. The highest BCUT2D eigenvalue weighted by Gasteiger charge is 2.28. The first-order chi connectivity index (χ1) is 13.1. The number of carbonyl (C=O) groups is 1. The monoisotopic (exact) mass is 365 g/mol. The zero-order valence-electron chi connectivity index (χ0n) is 15.8. The van der Waals surface area contributed by atoms with Gasteiger partial charge >= 0.3 is 6.03 Å². The Balaban J connectivity index is 1.70. The lowest BCUT2D eigenvalue weighted by atomic mass is 10.00. The van der Waals surface area contributed by atoms with Crippen LogP contribution in [-0.4, -0.2) is 24.2 Å². The first-order valence-corrected chi connectivity index (χ1v) is 9.37. The molecule has 0 bridgehead atoms. The van der Waals surface area contributed by atoms with Crippen LogP contribution in [0.5, 0.6) is 0 Å². The minimum Gasteiger partial charge on any atom is -0.336 e. The van der Waals surface area contributed by atoms with Gasteiger partial charge in [0, 0.05) is 18.2 Å². The zero-order valence-corrected chi connectivity index (χ0v) is 15.8. The van der Waals surface area contributed by atoms with Crippen molar-refractivity contribution in [2.45, 2.75) is 44.9 Å². The molecule has 0 saturated heterocycles. The standard InChI is InChI=1S/C22H27N3O2/c1-16(2)23-22(26)24-20(14-18-11-7-4-8-12-18)21-15-19(25-27-21)13-17-9-5-3-6-10-17/h3-12,15-16,20-21,25H,13-14H2,1-2H3,(H2,23,24,26). The number of hydrogen-bond donors (Lipinski definition) is 3. The Bertz CT molecular complexity index is 760. The van der Waals surface area contributed by atoms with Gasteiger partial charge in [0.1, 0.15) is 6.10 Å². The number of benzene rings is 2. The Hall–Kier alpha value is -2.79. The van der Waals surface area contributed by atoms with Crippen LogP contribution in [0, 0.1) is 0 Å². The fourth-order valence-electron chi connectivity index (χ4n) is 3.11. The van der Waals surface area contributed by atoms with Crippen LogP contribution in [0.4, 0.5) is 4.79 Å². The van der Waals surface area contributed by atoms with E-state index in [4.69, 9.17) is 4.84 Å². The molecule has 3 rings (SSSR count). The van der Waals surface area contributed by atoms with Crippen molar-refractivity contribution in [3.63, 3.8) is 0 Å². The molecule has 3 N–H and O–H groups in total. The van der Waals surface area contributed by atoms with E-state index in [0.717, 1.165) is 17.7 Å². The van der Waals surface area contributed by atoms with Gasteiger partial charge in [0.25, 0.3) is 0 Å². The summed E-state index contributed by atoms with van der Waals surface area (Å²) in [5, 5.41) is 5.95. The third-order valence-corrected chi connectivity index (χ3v) is 4.36. The van der Waals surface area contributed by atoms with Crippen LogP contribution in [0.3, 0.4) is 0 Å². The Kier molecular flexibility index (Phi) is 6.49. The number of carbonyl (C=O) groups excluding carboxylic acids is 1. The van der Waals surface area contributed by atoms with Crippen molar-refractivity contribution in [1.29, 1.82) is 0 Å². The first kappa shape index (κ1) is 19.0. The molecule has 27 heavy (non-hydrogen) atoms. The predicted octanol–water partition coefficient (Wildman–Crippen LogP) is 3.34. The van der Waals surface area contributed by atoms with Gasteiger partial charge in [-0.2, -0.15) is 0 Å². The Morgan fingerprint density at radius 3 is 2.26 bits per heavy atom. The molecule has 0 saturated carbocycles. The Morgan fingerprint density at radius 1 is 1.00 bits per heavy atom. The SMILES string of the molecule is CC(C)NC(=O)NC(Cc1ccccc1)C1C=C(Cc2ccccc2)NO1. The molecule has 1 aliphatic heterocycles. The maximum Gasteiger partial charge on any atom is 0.315 e. The highest BCUT2D eigenvalue weighted by Crippen LogP contribution is 2.18. The van der Waals surface area contributed by atoms with Gasteiger partial charge in [-0.05, 0) is 37.5 Å². The molecule has 2 aromatic carbocycles. The average molecular weight is 365 g/mol. The summed E-state index contributed by atoms with van der Waals surface area (Å²) in [5.41, 5.74) is 6.40. The van der Waals surface area contributed by atoms with Crippen LogP contribution < -0.4 is 16.1 Å². The van der Waals surface area contributed by atoms with Crippen molar-refractivity contribution in [2.75, 3.05) is 0 Å². The van der Waals surface area contributed by atoms with E-state index in [-0.39, 0.29) is 24.2 Å². The number of rotatable bonds is 7. The van der Waals surface area contributed by atoms with Gasteiger partial charge < -0.3 is 10.6 Å². The number of urea groups is 1. The van der Waals surface area contributed by atoms with Gasteiger partial charge in [0.15, 0.2) is 0 Å². The first-order valence-electron chi connectivity index (χ1n) is 9.37. The fraction of sp³-hybridized carbons (Fsp3) is 0.318. The van der Waals surface area contributed by atoms with Gasteiger partial charge in [0.05, 0.1) is 6.04 Å². The molecule has 0 fully saturated rings. The minimum atomic E-state index is -0.234. The summed E-state index contributed by atoms with van der Waals surface area (Å²) in [6, 6.07) is 20.1. The van der Waals surface area contributed by atoms with Crippen LogP contribution in [0.25, 0.3) is 0 Å². The van der Waals surface area contributed by atoms with E-state index in [2.05, 4.69) is 46.5 Å². The zero-order chi connectivity index (χ0) is 19.1. The van der Waals surface area contributed by atoms with Gasteiger partial charge in [-0.15, -0.1) is 0 Å². The third-order valence-electron chi connectivity index (χ3n) is 4.36. The van der Waals surface area contributed by atoms with Crippen LogP contribution in [0.1, 0.15) is 25.0 Å². The van der Waals surface area contributed by atoms with Gasteiger partial charge in [-0.1, -0.05) is 60.7 Å². The number of allylic oxidation sites excluding steroid dienone is 1. The molecular formula is C22H27N3O2. The van der Waals surface area contributed by atoms with Crippen molar-refractivity contribution in [3.05, 3.63) is 83.6 Å². The largest absolute Gasteiger partial charge is 0.336 e. The molecule has 1 aliphatic rings. The molecule has 2 amide bonds. The molecule has 0 aliphatic carbocycles. The van der Waals surface area contributed by atoms with Crippen molar-refractivity contribution in [3.8, 4) is 0 Å². The van der Waals surface area contributed by atoms with Crippen molar-refractivity contribution in [1.82, 2.24) is 16.1 Å². The Morgan fingerprint density at radius 2 is 1.63 bits per heavy atom. The lowest BCUT2D eigenvalue weighted by molar-refractivity contribution is 0.0225. The van der Waals surface area contributed by atoms with E-state index < -0.39 is 0 Å². The van der Waals surface area contributed by atoms with E-state index in [9.17, 15) is 4.79 Å². The second kappa shape index (κ2) is 9.24. The Labute approximate surface area is 160 Å². The number of nitrogens with one attached hydrogen (secondary N) is 3. The van der Waals surface area contributed by atoms with E-state index in [0.29, 0.717) is 6.42 Å². The molecule has 5 nitrogen and oxygen atoms in total. The van der Waals surface area contributed by atoms with E-state index >= 15 is 0 Å². The van der Waals surface area contributed by atoms with Crippen LogP contribution >= 0.6 is 0 Å². The molecule has 2 aromatic rings. The molecule has 2 unspecified atom stereocenters. The van der Waals surface area contributed by atoms with Gasteiger partial charge in [0.2, 0.25) is 0 Å². The molecular weight excluding hydrogens is 338 g/mol. The normalized spacial score (nSPS) is 17.1. The smallest absolute Gasteiger partial charge is 0.315 e. The lowest BCUT2D eigenvalue weighted by Crippen LogP contribution is -2.50. The highest BCUT2D eigenvalue weighted by molar-refractivity contribution is 5.74. The number of hydroxylamine groups is 1. The minimum absolute atomic E-state index is 0.0779. The molecule has 0 aromatic heterocycles.